The number of aromatic amines is 1. The molecule has 4 N–H and O–H groups in total. The normalized spacial score (nSPS) is 11.6. The number of ether oxygens (including phenoxy) is 1. The molecule has 0 bridgehead atoms. The molecule has 1 unspecified atom stereocenters. The number of anilines is 1. The van der Waals surface area contributed by atoms with Crippen LogP contribution in [0.25, 0.3) is 11.3 Å². The van der Waals surface area contributed by atoms with Crippen molar-refractivity contribution in [2.75, 3.05) is 12.4 Å². The van der Waals surface area contributed by atoms with Crippen molar-refractivity contribution in [3.05, 3.63) is 82.1 Å². The number of nitrogens with one attached hydrogen (secondary N) is 2. The topological polar surface area (TPSA) is 110 Å². The van der Waals surface area contributed by atoms with Crippen LogP contribution in [0.4, 0.5) is 10.5 Å². The summed E-state index contributed by atoms with van der Waals surface area (Å²) in [7, 11) is 1.30. The number of benzene rings is 2. The van der Waals surface area contributed by atoms with Crippen molar-refractivity contribution in [1.82, 2.24) is 10.2 Å². The summed E-state index contributed by atoms with van der Waals surface area (Å²) < 4.78 is 4.56. The molecule has 7 heteroatoms. The van der Waals surface area contributed by atoms with Crippen LogP contribution in [0.3, 0.4) is 0 Å². The molecule has 0 saturated heterocycles. The number of carbonyl (C=O) groups is 1. The van der Waals surface area contributed by atoms with Gasteiger partial charge in [0.25, 0.3) is 5.56 Å². The van der Waals surface area contributed by atoms with E-state index in [2.05, 4.69) is 20.3 Å². The van der Waals surface area contributed by atoms with Gasteiger partial charge in [-0.1, -0.05) is 42.5 Å². The number of nitrogens with two attached hydrogens (primary N) is 1. The minimum absolute atomic E-state index is 0.255. The summed E-state index contributed by atoms with van der Waals surface area (Å²) >= 11 is 0. The van der Waals surface area contributed by atoms with E-state index in [4.69, 9.17) is 5.73 Å². The van der Waals surface area contributed by atoms with Gasteiger partial charge in [-0.3, -0.25) is 10.1 Å². The van der Waals surface area contributed by atoms with Gasteiger partial charge in [0.2, 0.25) is 0 Å². The monoisotopic (exact) mass is 364 g/mol. The molecule has 1 amide bonds. The lowest BCUT2D eigenvalue weighted by molar-refractivity contribution is 0.187. The van der Waals surface area contributed by atoms with E-state index in [1.54, 1.807) is 30.3 Å². The molecule has 0 spiro atoms. The number of rotatable bonds is 5. The molecule has 2 aromatic carbocycles. The standard InChI is InChI=1S/C20H20N4O3/c1-27-20(26)22-16-9-7-14(8-10-16)18-12-15(19(25)24-23-18)11-17(21)13-5-3-2-4-6-13/h2-10,12,17H,11,21H2,1H3,(H,22,26)(H,24,25). The smallest absolute Gasteiger partial charge is 0.411 e. The summed E-state index contributed by atoms with van der Waals surface area (Å²) in [4.78, 5) is 23.4. The van der Waals surface area contributed by atoms with Crippen LogP contribution in [0.2, 0.25) is 0 Å². The fraction of sp³-hybridized carbons (Fsp3) is 0.150. The van der Waals surface area contributed by atoms with Crippen LogP contribution in [0.15, 0.2) is 65.5 Å². The second-order valence-electron chi connectivity index (χ2n) is 6.02. The van der Waals surface area contributed by atoms with Crippen LogP contribution >= 0.6 is 0 Å². The van der Waals surface area contributed by atoms with Crippen LogP contribution < -0.4 is 16.6 Å². The van der Waals surface area contributed by atoms with Crippen molar-refractivity contribution in [3.8, 4) is 11.3 Å². The van der Waals surface area contributed by atoms with Gasteiger partial charge in [-0.2, -0.15) is 5.10 Å². The van der Waals surface area contributed by atoms with Gasteiger partial charge in [0.15, 0.2) is 0 Å². The van der Waals surface area contributed by atoms with E-state index in [0.717, 1.165) is 11.1 Å². The third-order valence-corrected chi connectivity index (χ3v) is 4.16. The first-order chi connectivity index (χ1) is 13.1. The predicted octanol–water partition coefficient (Wildman–Crippen LogP) is 2.86. The molecular weight excluding hydrogens is 344 g/mol. The summed E-state index contributed by atoms with van der Waals surface area (Å²) in [6.07, 6.45) is -0.140. The van der Waals surface area contributed by atoms with Crippen LogP contribution in [-0.4, -0.2) is 23.4 Å². The Labute approximate surface area is 156 Å². The Morgan fingerprint density at radius 2 is 1.89 bits per heavy atom. The van der Waals surface area contributed by atoms with Crippen LogP contribution in [0.1, 0.15) is 17.2 Å². The maximum Gasteiger partial charge on any atom is 0.411 e. The van der Waals surface area contributed by atoms with Crippen molar-refractivity contribution in [2.45, 2.75) is 12.5 Å². The van der Waals surface area contributed by atoms with Crippen LogP contribution in [-0.2, 0) is 11.2 Å². The van der Waals surface area contributed by atoms with E-state index >= 15 is 0 Å². The molecule has 27 heavy (non-hydrogen) atoms. The SMILES string of the molecule is COC(=O)Nc1ccc(-c2cc(CC(N)c3ccccc3)c(=O)[nH]n2)cc1. The van der Waals surface area contributed by atoms with Gasteiger partial charge >= 0.3 is 6.09 Å². The van der Waals surface area contributed by atoms with E-state index in [9.17, 15) is 9.59 Å². The first kappa shape index (κ1) is 18.3. The Hall–Kier alpha value is -3.45. The summed E-state index contributed by atoms with van der Waals surface area (Å²) in [5.74, 6) is 0. The molecule has 0 aliphatic rings. The van der Waals surface area contributed by atoms with Crippen LogP contribution in [0, 0.1) is 0 Å². The first-order valence-corrected chi connectivity index (χ1v) is 8.41. The Kier molecular flexibility index (Phi) is 5.63. The molecule has 1 atom stereocenters. The Bertz CT molecular complexity index is 969. The number of carbonyl (C=O) groups excluding carboxylic acids is 1. The number of H-pyrrole nitrogens is 1. The van der Waals surface area contributed by atoms with Crippen molar-refractivity contribution in [3.63, 3.8) is 0 Å². The molecule has 3 aromatic rings. The summed E-state index contributed by atoms with van der Waals surface area (Å²) in [5, 5.41) is 9.21. The third-order valence-electron chi connectivity index (χ3n) is 4.16. The van der Waals surface area contributed by atoms with E-state index in [-0.39, 0.29) is 11.6 Å². The molecule has 0 aliphatic carbocycles. The zero-order valence-electron chi connectivity index (χ0n) is 14.8. The Morgan fingerprint density at radius 3 is 2.56 bits per heavy atom. The number of hydrogen-bond acceptors (Lipinski definition) is 5. The first-order valence-electron chi connectivity index (χ1n) is 8.41. The summed E-state index contributed by atoms with van der Waals surface area (Å²) in [5.41, 5.74) is 9.53. The lowest BCUT2D eigenvalue weighted by atomic mass is 9.99. The van der Waals surface area contributed by atoms with Crippen molar-refractivity contribution in [2.24, 2.45) is 5.73 Å². The van der Waals surface area contributed by atoms with Gasteiger partial charge in [0.05, 0.1) is 12.8 Å². The minimum Gasteiger partial charge on any atom is -0.453 e. The van der Waals surface area contributed by atoms with E-state index in [0.29, 0.717) is 23.4 Å². The fourth-order valence-corrected chi connectivity index (χ4v) is 2.69. The molecule has 1 heterocycles. The molecular formula is C20H20N4O3. The lowest BCUT2D eigenvalue weighted by Gasteiger charge is -2.12. The number of hydrogen-bond donors (Lipinski definition) is 3. The molecule has 7 nitrogen and oxygen atoms in total. The highest BCUT2D eigenvalue weighted by Crippen LogP contribution is 2.21. The zero-order valence-corrected chi connectivity index (χ0v) is 14.8. The number of aromatic nitrogens is 2. The van der Waals surface area contributed by atoms with E-state index < -0.39 is 6.09 Å². The van der Waals surface area contributed by atoms with Gasteiger partial charge in [-0.25, -0.2) is 9.89 Å². The lowest BCUT2D eigenvalue weighted by Crippen LogP contribution is -2.21. The largest absolute Gasteiger partial charge is 0.453 e. The highest BCUT2D eigenvalue weighted by molar-refractivity contribution is 5.84. The highest BCUT2D eigenvalue weighted by Gasteiger charge is 2.12. The molecule has 1 aromatic heterocycles. The maximum absolute atomic E-state index is 12.1. The summed E-state index contributed by atoms with van der Waals surface area (Å²) in [6, 6.07) is 18.2. The number of nitrogens with zero attached hydrogens (tertiary/aromatic N) is 1. The van der Waals surface area contributed by atoms with E-state index in [1.807, 2.05) is 30.3 Å². The van der Waals surface area contributed by atoms with Crippen molar-refractivity contribution >= 4 is 11.8 Å². The quantitative estimate of drug-likeness (QED) is 0.645. The average molecular weight is 364 g/mol. The summed E-state index contributed by atoms with van der Waals surface area (Å²) in [6.45, 7) is 0. The molecule has 0 radical (unpaired) electrons. The third kappa shape index (κ3) is 4.59. The van der Waals surface area contributed by atoms with Crippen molar-refractivity contribution in [1.29, 1.82) is 0 Å². The molecule has 0 saturated carbocycles. The molecule has 0 fully saturated rings. The maximum atomic E-state index is 12.1. The predicted molar refractivity (Wildman–Crippen MR) is 103 cm³/mol. The minimum atomic E-state index is -0.540. The van der Waals surface area contributed by atoms with Gasteiger partial charge in [0, 0.05) is 22.9 Å². The van der Waals surface area contributed by atoms with Gasteiger partial charge in [-0.15, -0.1) is 0 Å². The number of methoxy groups -OCH3 is 1. The highest BCUT2D eigenvalue weighted by atomic mass is 16.5. The second kappa shape index (κ2) is 8.29. The molecule has 138 valence electrons. The second-order valence-corrected chi connectivity index (χ2v) is 6.02. The average Bonchev–Trinajstić information content (AvgIpc) is 2.71. The Balaban J connectivity index is 1.80. The molecule has 0 aliphatic heterocycles. The van der Waals surface area contributed by atoms with Gasteiger partial charge < -0.3 is 10.5 Å². The number of amides is 1. The zero-order chi connectivity index (χ0) is 19.2. The van der Waals surface area contributed by atoms with Crippen LogP contribution in [0.5, 0.6) is 0 Å². The fourth-order valence-electron chi connectivity index (χ4n) is 2.69. The Morgan fingerprint density at radius 1 is 1.19 bits per heavy atom. The van der Waals surface area contributed by atoms with Gasteiger partial charge in [-0.05, 0) is 30.2 Å². The van der Waals surface area contributed by atoms with Crippen molar-refractivity contribution < 1.29 is 9.53 Å². The van der Waals surface area contributed by atoms with Gasteiger partial charge in [0.1, 0.15) is 0 Å². The molecule has 3 rings (SSSR count). The van der Waals surface area contributed by atoms with E-state index in [1.165, 1.54) is 7.11 Å².